The maximum Gasteiger partial charge on any atom is 0.256 e. The zero-order chi connectivity index (χ0) is 15.0. The minimum Gasteiger partial charge on any atom is -0.423 e. The molecule has 3 heterocycles. The topological polar surface area (TPSA) is 84.2 Å². The second kappa shape index (κ2) is 5.33. The number of ether oxygens (including phenoxy) is 1. The van der Waals surface area contributed by atoms with Crippen LogP contribution in [0.4, 0.5) is 0 Å². The minimum absolute atomic E-state index is 0.0228. The average Bonchev–Trinajstić information content (AvgIpc) is 3.16. The molecule has 1 saturated heterocycles. The summed E-state index contributed by atoms with van der Waals surface area (Å²) in [5.41, 5.74) is 1.51. The van der Waals surface area contributed by atoms with E-state index in [0.717, 1.165) is 5.69 Å². The van der Waals surface area contributed by atoms with Crippen molar-refractivity contribution in [3.05, 3.63) is 35.3 Å². The number of carbonyl (C=O) groups is 1. The second-order valence-corrected chi connectivity index (χ2v) is 5.24. The number of hydrogen-bond donors (Lipinski definition) is 1. The summed E-state index contributed by atoms with van der Waals surface area (Å²) in [6.07, 6.45) is 2.40. The fourth-order valence-corrected chi connectivity index (χ4v) is 2.71. The lowest BCUT2D eigenvalue weighted by Gasteiger charge is -2.21. The molecule has 2 aromatic rings. The molecule has 0 aliphatic carbocycles. The molecule has 0 bridgehead atoms. The van der Waals surface area contributed by atoms with Gasteiger partial charge >= 0.3 is 0 Å². The number of methoxy groups -OCH3 is 1. The Morgan fingerprint density at radius 3 is 2.86 bits per heavy atom. The number of rotatable bonds is 3. The molecule has 0 saturated carbocycles. The van der Waals surface area contributed by atoms with Crippen LogP contribution in [0.2, 0.25) is 0 Å². The molecule has 1 amide bonds. The average molecular weight is 290 g/mol. The van der Waals surface area contributed by atoms with Crippen molar-refractivity contribution in [2.75, 3.05) is 13.7 Å². The van der Waals surface area contributed by atoms with Crippen molar-refractivity contribution in [2.24, 2.45) is 0 Å². The Balaban J connectivity index is 1.91. The number of aromatic nitrogens is 3. The summed E-state index contributed by atoms with van der Waals surface area (Å²) in [6, 6.07) is 1.55. The fourth-order valence-electron chi connectivity index (χ4n) is 2.71. The van der Waals surface area contributed by atoms with Gasteiger partial charge in [0.2, 0.25) is 11.8 Å². The molecule has 0 aromatic carbocycles. The predicted octanol–water partition coefficient (Wildman–Crippen LogP) is 1.62. The molecule has 0 radical (unpaired) electrons. The number of nitrogens with one attached hydrogen (secondary N) is 1. The summed E-state index contributed by atoms with van der Waals surface area (Å²) in [7, 11) is 1.65. The normalized spacial score (nSPS) is 22.0. The van der Waals surface area contributed by atoms with Gasteiger partial charge in [-0.1, -0.05) is 0 Å². The van der Waals surface area contributed by atoms with Crippen LogP contribution in [0.25, 0.3) is 0 Å². The molecule has 1 fully saturated rings. The molecule has 1 aliphatic heterocycles. The Morgan fingerprint density at radius 2 is 2.29 bits per heavy atom. The van der Waals surface area contributed by atoms with Gasteiger partial charge < -0.3 is 19.0 Å². The number of likely N-dealkylation sites (tertiary alicyclic amines) is 1. The highest BCUT2D eigenvalue weighted by Gasteiger charge is 2.40. The number of amides is 1. The summed E-state index contributed by atoms with van der Waals surface area (Å²) in [5.74, 6) is 0.916. The van der Waals surface area contributed by atoms with E-state index in [2.05, 4.69) is 15.2 Å². The van der Waals surface area contributed by atoms with Gasteiger partial charge in [0.1, 0.15) is 6.04 Å². The third-order valence-corrected chi connectivity index (χ3v) is 3.87. The molecule has 112 valence electrons. The van der Waals surface area contributed by atoms with Gasteiger partial charge in [0.05, 0.1) is 11.7 Å². The SMILES string of the molecule is CO[C@H]1C[C@H](c2nnc(C)o2)N(C(=O)c2cc[nH]c2C)C1. The van der Waals surface area contributed by atoms with Crippen LogP contribution < -0.4 is 0 Å². The number of hydrogen-bond acceptors (Lipinski definition) is 5. The van der Waals surface area contributed by atoms with Crippen molar-refractivity contribution in [1.82, 2.24) is 20.1 Å². The highest BCUT2D eigenvalue weighted by molar-refractivity contribution is 5.95. The highest BCUT2D eigenvalue weighted by atomic mass is 16.5. The van der Waals surface area contributed by atoms with Crippen LogP contribution in [-0.4, -0.2) is 45.7 Å². The van der Waals surface area contributed by atoms with E-state index in [1.54, 1.807) is 31.2 Å². The van der Waals surface area contributed by atoms with Crippen LogP contribution in [0.3, 0.4) is 0 Å². The van der Waals surface area contributed by atoms with E-state index in [1.807, 2.05) is 6.92 Å². The number of aromatic amines is 1. The zero-order valence-corrected chi connectivity index (χ0v) is 12.3. The van der Waals surface area contributed by atoms with E-state index in [4.69, 9.17) is 9.15 Å². The number of H-pyrrole nitrogens is 1. The molecule has 1 aliphatic rings. The Hall–Kier alpha value is -2.15. The Bertz CT molecular complexity index is 648. The van der Waals surface area contributed by atoms with Gasteiger partial charge in [0.25, 0.3) is 5.91 Å². The van der Waals surface area contributed by atoms with Gasteiger partial charge in [-0.25, -0.2) is 0 Å². The molecular weight excluding hydrogens is 272 g/mol. The van der Waals surface area contributed by atoms with Crippen LogP contribution in [0, 0.1) is 13.8 Å². The van der Waals surface area contributed by atoms with Crippen molar-refractivity contribution in [1.29, 1.82) is 0 Å². The molecule has 3 rings (SSSR count). The quantitative estimate of drug-likeness (QED) is 0.928. The minimum atomic E-state index is -0.238. The predicted molar refractivity (Wildman–Crippen MR) is 73.8 cm³/mol. The number of carbonyl (C=O) groups excluding carboxylic acids is 1. The zero-order valence-electron chi connectivity index (χ0n) is 12.3. The van der Waals surface area contributed by atoms with Crippen molar-refractivity contribution >= 4 is 5.91 Å². The van der Waals surface area contributed by atoms with Crippen molar-refractivity contribution in [3.63, 3.8) is 0 Å². The first-order valence-corrected chi connectivity index (χ1v) is 6.88. The van der Waals surface area contributed by atoms with Crippen LogP contribution in [-0.2, 0) is 4.74 Å². The van der Waals surface area contributed by atoms with E-state index >= 15 is 0 Å². The first-order valence-electron chi connectivity index (χ1n) is 6.88. The molecule has 7 nitrogen and oxygen atoms in total. The van der Waals surface area contributed by atoms with Crippen molar-refractivity contribution < 1.29 is 13.9 Å². The van der Waals surface area contributed by atoms with Gasteiger partial charge in [-0.2, -0.15) is 0 Å². The van der Waals surface area contributed by atoms with E-state index in [1.165, 1.54) is 0 Å². The highest BCUT2D eigenvalue weighted by Crippen LogP contribution is 2.34. The van der Waals surface area contributed by atoms with E-state index in [-0.39, 0.29) is 18.1 Å². The molecule has 7 heteroatoms. The number of aryl methyl sites for hydroxylation is 2. The largest absolute Gasteiger partial charge is 0.423 e. The van der Waals surface area contributed by atoms with Gasteiger partial charge in [0.15, 0.2) is 0 Å². The van der Waals surface area contributed by atoms with Gasteiger partial charge in [-0.05, 0) is 13.0 Å². The lowest BCUT2D eigenvalue weighted by molar-refractivity contribution is 0.0673. The maximum absolute atomic E-state index is 12.7. The van der Waals surface area contributed by atoms with E-state index in [0.29, 0.717) is 30.3 Å². The van der Waals surface area contributed by atoms with Gasteiger partial charge in [0, 0.05) is 38.9 Å². The summed E-state index contributed by atoms with van der Waals surface area (Å²) < 4.78 is 10.9. The third-order valence-electron chi connectivity index (χ3n) is 3.87. The molecule has 2 aromatic heterocycles. The monoisotopic (exact) mass is 290 g/mol. The number of nitrogens with zero attached hydrogens (tertiary/aromatic N) is 3. The molecule has 0 spiro atoms. The van der Waals surface area contributed by atoms with Gasteiger partial charge in [-0.15, -0.1) is 10.2 Å². The second-order valence-electron chi connectivity index (χ2n) is 5.24. The smallest absolute Gasteiger partial charge is 0.256 e. The Labute approximate surface area is 122 Å². The van der Waals surface area contributed by atoms with Crippen molar-refractivity contribution in [2.45, 2.75) is 32.4 Å². The first-order chi connectivity index (χ1) is 10.1. The summed E-state index contributed by atoms with van der Waals surface area (Å²) >= 11 is 0. The molecule has 2 atom stereocenters. The summed E-state index contributed by atoms with van der Waals surface area (Å²) in [5, 5.41) is 7.91. The fraction of sp³-hybridized carbons (Fsp3) is 0.500. The first kappa shape index (κ1) is 13.8. The van der Waals surface area contributed by atoms with E-state index in [9.17, 15) is 4.79 Å². The Kier molecular flexibility index (Phi) is 3.50. The van der Waals surface area contributed by atoms with E-state index < -0.39 is 0 Å². The lowest BCUT2D eigenvalue weighted by atomic mass is 10.1. The molecule has 0 unspecified atom stereocenters. The maximum atomic E-state index is 12.7. The van der Waals surface area contributed by atoms with Crippen LogP contribution in [0.15, 0.2) is 16.7 Å². The lowest BCUT2D eigenvalue weighted by Crippen LogP contribution is -2.32. The summed E-state index contributed by atoms with van der Waals surface area (Å²) in [4.78, 5) is 17.5. The van der Waals surface area contributed by atoms with Crippen LogP contribution in [0.5, 0.6) is 0 Å². The third kappa shape index (κ3) is 2.44. The molecular formula is C14H18N4O3. The molecule has 21 heavy (non-hydrogen) atoms. The van der Waals surface area contributed by atoms with Crippen molar-refractivity contribution in [3.8, 4) is 0 Å². The Morgan fingerprint density at radius 1 is 1.48 bits per heavy atom. The summed E-state index contributed by atoms with van der Waals surface area (Å²) in [6.45, 7) is 4.14. The molecule has 1 N–H and O–H groups in total. The standard InChI is InChI=1S/C14H18N4O3/c1-8-11(4-5-15-8)14(19)18-7-10(20-3)6-12(18)13-17-16-9(2)21-13/h4-5,10,12,15H,6-7H2,1-3H3/t10-,12+/m0/s1. The van der Waals surface area contributed by atoms with Crippen LogP contribution >= 0.6 is 0 Å². The van der Waals surface area contributed by atoms with Gasteiger partial charge in [-0.3, -0.25) is 4.79 Å². The van der Waals surface area contributed by atoms with Crippen LogP contribution in [0.1, 0.15) is 40.3 Å².